The second-order valence-corrected chi connectivity index (χ2v) is 7.30. The van der Waals surface area contributed by atoms with Gasteiger partial charge in [-0.1, -0.05) is 0 Å². The fourth-order valence-electron chi connectivity index (χ4n) is 2.85. The Morgan fingerprint density at radius 1 is 1.24 bits per heavy atom. The summed E-state index contributed by atoms with van der Waals surface area (Å²) in [6.45, 7) is 0. The van der Waals surface area contributed by atoms with Gasteiger partial charge < -0.3 is 10.6 Å². The number of rotatable bonds is 4. The molecule has 0 radical (unpaired) electrons. The van der Waals surface area contributed by atoms with Crippen molar-refractivity contribution >= 4 is 27.3 Å². The van der Waals surface area contributed by atoms with Crippen molar-refractivity contribution in [3.63, 3.8) is 0 Å². The maximum Gasteiger partial charge on any atom is 0.0701 e. The molecule has 0 saturated heterocycles. The van der Waals surface area contributed by atoms with E-state index in [1.165, 1.54) is 34.3 Å². The molecule has 2 nitrogen and oxygen atoms in total. The Morgan fingerprint density at radius 3 is 2.41 bits per heavy atom. The van der Waals surface area contributed by atoms with Gasteiger partial charge in [0.2, 0.25) is 0 Å². The molecule has 0 aliphatic heterocycles. The number of nitrogens with one attached hydrogen (secondary N) is 2. The van der Waals surface area contributed by atoms with Crippen molar-refractivity contribution in [1.82, 2.24) is 10.6 Å². The highest BCUT2D eigenvalue weighted by atomic mass is 79.9. The van der Waals surface area contributed by atoms with E-state index in [2.05, 4.69) is 52.8 Å². The van der Waals surface area contributed by atoms with Crippen LogP contribution >= 0.6 is 27.3 Å². The van der Waals surface area contributed by atoms with Crippen molar-refractivity contribution in [3.8, 4) is 0 Å². The first-order valence-electron chi connectivity index (χ1n) is 6.34. The molecule has 1 aromatic rings. The van der Waals surface area contributed by atoms with Crippen LogP contribution in [0.25, 0.3) is 0 Å². The van der Waals surface area contributed by atoms with Gasteiger partial charge in [0.25, 0.3) is 0 Å². The van der Waals surface area contributed by atoms with Gasteiger partial charge in [-0.25, -0.2) is 0 Å². The summed E-state index contributed by atoms with van der Waals surface area (Å²) in [5.41, 5.74) is 0. The largest absolute Gasteiger partial charge is 0.317 e. The second-order valence-electron chi connectivity index (χ2n) is 4.81. The Kier molecular flexibility index (Phi) is 5.03. The molecule has 1 heterocycles. The second kappa shape index (κ2) is 6.32. The van der Waals surface area contributed by atoms with Gasteiger partial charge >= 0.3 is 0 Å². The monoisotopic (exact) mass is 316 g/mol. The van der Waals surface area contributed by atoms with Crippen LogP contribution in [0.4, 0.5) is 0 Å². The number of halogens is 1. The SMILES string of the molecule is CNC1CCC(C(NC)c2ccc(Br)s2)CC1. The minimum Gasteiger partial charge on any atom is -0.317 e. The molecular formula is C13H21BrN2S. The summed E-state index contributed by atoms with van der Waals surface area (Å²) in [6.07, 6.45) is 5.27. The Labute approximate surface area is 116 Å². The average molecular weight is 317 g/mol. The molecule has 2 N–H and O–H groups in total. The van der Waals surface area contributed by atoms with Crippen molar-refractivity contribution < 1.29 is 0 Å². The highest BCUT2D eigenvalue weighted by Crippen LogP contribution is 2.37. The Balaban J connectivity index is 2.00. The number of hydrogen-bond donors (Lipinski definition) is 2. The zero-order valence-corrected chi connectivity index (χ0v) is 12.9. The quantitative estimate of drug-likeness (QED) is 0.887. The van der Waals surface area contributed by atoms with E-state index in [0.29, 0.717) is 6.04 Å². The van der Waals surface area contributed by atoms with Crippen LogP contribution in [0.15, 0.2) is 15.9 Å². The Hall–Kier alpha value is 0.1000. The van der Waals surface area contributed by atoms with E-state index in [0.717, 1.165) is 12.0 Å². The van der Waals surface area contributed by atoms with Crippen LogP contribution in [0, 0.1) is 5.92 Å². The van der Waals surface area contributed by atoms with Crippen LogP contribution in [0.5, 0.6) is 0 Å². The van der Waals surface area contributed by atoms with Crippen LogP contribution in [-0.2, 0) is 0 Å². The normalized spacial score (nSPS) is 27.0. The van der Waals surface area contributed by atoms with E-state index >= 15 is 0 Å². The van der Waals surface area contributed by atoms with Gasteiger partial charge in [0.1, 0.15) is 0 Å². The van der Waals surface area contributed by atoms with E-state index in [1.807, 2.05) is 11.3 Å². The third-order valence-electron chi connectivity index (χ3n) is 3.86. The zero-order valence-electron chi connectivity index (χ0n) is 10.5. The number of hydrogen-bond acceptors (Lipinski definition) is 3. The smallest absolute Gasteiger partial charge is 0.0701 e. The van der Waals surface area contributed by atoms with Gasteiger partial charge in [-0.3, -0.25) is 0 Å². The molecule has 0 bridgehead atoms. The molecular weight excluding hydrogens is 296 g/mol. The van der Waals surface area contributed by atoms with Gasteiger partial charge in [0, 0.05) is 17.0 Å². The fourth-order valence-corrected chi connectivity index (χ4v) is 4.47. The zero-order chi connectivity index (χ0) is 12.3. The van der Waals surface area contributed by atoms with Crippen LogP contribution in [0.2, 0.25) is 0 Å². The summed E-state index contributed by atoms with van der Waals surface area (Å²) < 4.78 is 1.23. The van der Waals surface area contributed by atoms with Crippen molar-refractivity contribution in [1.29, 1.82) is 0 Å². The van der Waals surface area contributed by atoms with E-state index in [1.54, 1.807) is 0 Å². The predicted molar refractivity (Wildman–Crippen MR) is 78.6 cm³/mol. The molecule has 1 aromatic heterocycles. The molecule has 0 amide bonds. The van der Waals surface area contributed by atoms with E-state index in [-0.39, 0.29) is 0 Å². The van der Waals surface area contributed by atoms with Gasteiger partial charge in [-0.05, 0) is 73.8 Å². The summed E-state index contributed by atoms with van der Waals surface area (Å²) in [5.74, 6) is 0.787. The third-order valence-corrected chi connectivity index (χ3v) is 5.57. The van der Waals surface area contributed by atoms with Crippen molar-refractivity contribution in [2.75, 3.05) is 14.1 Å². The lowest BCUT2D eigenvalue weighted by Gasteiger charge is -2.33. The van der Waals surface area contributed by atoms with Crippen LogP contribution in [-0.4, -0.2) is 20.1 Å². The van der Waals surface area contributed by atoms with Gasteiger partial charge in [0.05, 0.1) is 3.79 Å². The minimum atomic E-state index is 0.532. The van der Waals surface area contributed by atoms with Crippen LogP contribution < -0.4 is 10.6 Å². The van der Waals surface area contributed by atoms with Gasteiger partial charge in [0.15, 0.2) is 0 Å². The lowest BCUT2D eigenvalue weighted by atomic mass is 9.81. The van der Waals surface area contributed by atoms with E-state index in [4.69, 9.17) is 0 Å². The molecule has 0 spiro atoms. The summed E-state index contributed by atoms with van der Waals surface area (Å²) in [6, 6.07) is 5.67. The molecule has 17 heavy (non-hydrogen) atoms. The maximum absolute atomic E-state index is 3.56. The fraction of sp³-hybridized carbons (Fsp3) is 0.692. The first kappa shape index (κ1) is 13.5. The summed E-state index contributed by atoms with van der Waals surface area (Å²) in [5, 5.41) is 6.90. The van der Waals surface area contributed by atoms with E-state index in [9.17, 15) is 0 Å². The van der Waals surface area contributed by atoms with Crippen molar-refractivity contribution in [2.24, 2.45) is 5.92 Å². The molecule has 0 aromatic carbocycles. The first-order valence-corrected chi connectivity index (χ1v) is 7.95. The molecule has 1 atom stereocenters. The summed E-state index contributed by atoms with van der Waals surface area (Å²) >= 11 is 5.41. The molecule has 4 heteroatoms. The van der Waals surface area contributed by atoms with Gasteiger partial charge in [-0.2, -0.15) is 0 Å². The lowest BCUT2D eigenvalue weighted by molar-refractivity contribution is 0.250. The van der Waals surface area contributed by atoms with Gasteiger partial charge in [-0.15, -0.1) is 11.3 Å². The predicted octanol–water partition coefficient (Wildman–Crippen LogP) is 3.55. The topological polar surface area (TPSA) is 24.1 Å². The Morgan fingerprint density at radius 2 is 1.94 bits per heavy atom. The third kappa shape index (κ3) is 3.31. The van der Waals surface area contributed by atoms with E-state index < -0.39 is 0 Å². The molecule has 1 fully saturated rings. The highest BCUT2D eigenvalue weighted by molar-refractivity contribution is 9.11. The molecule has 2 rings (SSSR count). The van der Waals surface area contributed by atoms with Crippen LogP contribution in [0.1, 0.15) is 36.6 Å². The molecule has 96 valence electrons. The van der Waals surface area contributed by atoms with Crippen molar-refractivity contribution in [2.45, 2.75) is 37.8 Å². The minimum absolute atomic E-state index is 0.532. The first-order chi connectivity index (χ1) is 8.24. The summed E-state index contributed by atoms with van der Waals surface area (Å²) in [4.78, 5) is 1.47. The lowest BCUT2D eigenvalue weighted by Crippen LogP contribution is -2.34. The summed E-state index contributed by atoms with van der Waals surface area (Å²) in [7, 11) is 4.17. The van der Waals surface area contributed by atoms with Crippen LogP contribution in [0.3, 0.4) is 0 Å². The average Bonchev–Trinajstić information content (AvgIpc) is 2.78. The molecule has 1 aliphatic rings. The number of thiophene rings is 1. The standard InChI is InChI=1S/C13H21BrN2S/c1-15-10-5-3-9(4-6-10)13(16-2)11-7-8-12(14)17-11/h7-10,13,15-16H,3-6H2,1-2H3. The maximum atomic E-state index is 3.56. The molecule has 1 saturated carbocycles. The van der Waals surface area contributed by atoms with Crippen molar-refractivity contribution in [3.05, 3.63) is 20.8 Å². The highest BCUT2D eigenvalue weighted by Gasteiger charge is 2.27. The Bertz CT molecular complexity index is 345. The molecule has 1 aliphatic carbocycles. The molecule has 1 unspecified atom stereocenters.